The number of aliphatic hydroxyl groups excluding tert-OH is 1. The number of hydrogen-bond acceptors (Lipinski definition) is 14. The van der Waals surface area contributed by atoms with Gasteiger partial charge in [-0.3, -0.25) is 19.7 Å². The van der Waals surface area contributed by atoms with Crippen molar-refractivity contribution in [2.75, 3.05) is 23.3 Å². The second-order valence-corrected chi connectivity index (χ2v) is 24.0. The first-order valence-electron chi connectivity index (χ1n) is 27.3. The number of pyridine rings is 1. The number of carboxylic acid groups (broad SMARTS) is 1. The van der Waals surface area contributed by atoms with E-state index in [-0.39, 0.29) is 42.4 Å². The van der Waals surface area contributed by atoms with Crippen LogP contribution in [0.2, 0.25) is 0 Å². The van der Waals surface area contributed by atoms with Gasteiger partial charge in [-0.1, -0.05) is 110 Å². The number of hydrogen-bond donors (Lipinski definition) is 4. The summed E-state index contributed by atoms with van der Waals surface area (Å²) in [5.41, 5.74) is 10.9. The minimum absolute atomic E-state index is 0.0276. The molecular formula is C63H62N10O7S2. The van der Waals surface area contributed by atoms with Crippen LogP contribution in [0.1, 0.15) is 106 Å². The van der Waals surface area contributed by atoms with E-state index in [4.69, 9.17) is 9.72 Å². The molecule has 0 aliphatic carbocycles. The normalized spacial score (nSPS) is 15.9. The lowest BCUT2D eigenvalue weighted by molar-refractivity contribution is -0.144. The highest BCUT2D eigenvalue weighted by molar-refractivity contribution is 7.22. The number of carbonyl (C=O) groups is 4. The van der Waals surface area contributed by atoms with Gasteiger partial charge in [0.25, 0.3) is 5.91 Å². The fourth-order valence-electron chi connectivity index (χ4n) is 11.0. The summed E-state index contributed by atoms with van der Waals surface area (Å²) in [4.78, 5) is 73.4. The van der Waals surface area contributed by atoms with Crippen LogP contribution in [0, 0.1) is 19.3 Å². The van der Waals surface area contributed by atoms with E-state index >= 15 is 0 Å². The van der Waals surface area contributed by atoms with Crippen LogP contribution in [0.15, 0.2) is 133 Å². The number of carboxylic acids is 1. The molecule has 5 aromatic carbocycles. The average molecular weight is 1140 g/mol. The van der Waals surface area contributed by atoms with E-state index in [1.807, 2.05) is 161 Å². The first kappa shape index (κ1) is 55.3. The standard InChI is InChI=1S/C63H62N10O7S2/c1-36-46(47-27-28-54(67-55(47)61(78)79)71-30-29-41-11-9-13-48(49(41)34-71)58(75)68-62-66-50-14-7-8-16-53(50)82-62)12-10-15-52(36)80-45-25-18-39(19-26-45)17-24-43-32-73(70-69-43)57(63(4,5)6)60(77)72-33-44(74)31-51(72)59(76)65-37(2)40-20-22-42(23-21-40)56-38(3)64-35-81-56/h7-16,18-23,25-28,32,35,37,44,51,57,74H,17,24,29-31,33-34H2,1-6H3,(H,65,76)(H,78,79)(H,66,68,75)/t37-,44+,51-,57+/m0/s1. The molecule has 0 unspecified atom stereocenters. The molecule has 6 heterocycles. The van der Waals surface area contributed by atoms with Crippen molar-refractivity contribution in [1.82, 2.24) is 40.2 Å². The lowest BCUT2D eigenvalue weighted by atomic mass is 9.85. The molecular weight excluding hydrogens is 1070 g/mol. The zero-order valence-electron chi connectivity index (χ0n) is 46.3. The van der Waals surface area contributed by atoms with Crippen molar-refractivity contribution >= 4 is 67.5 Å². The van der Waals surface area contributed by atoms with Gasteiger partial charge in [0, 0.05) is 43.4 Å². The number of fused-ring (bicyclic) bond motifs is 2. The smallest absolute Gasteiger partial charge is 0.355 e. The molecule has 418 valence electrons. The van der Waals surface area contributed by atoms with Gasteiger partial charge >= 0.3 is 5.97 Å². The van der Waals surface area contributed by atoms with Crippen LogP contribution in [0.5, 0.6) is 11.5 Å². The number of nitrogens with zero attached hydrogens (tertiary/aromatic N) is 8. The van der Waals surface area contributed by atoms with Crippen LogP contribution in [-0.4, -0.2) is 94.0 Å². The van der Waals surface area contributed by atoms with Gasteiger partial charge in [0.1, 0.15) is 29.4 Å². The molecule has 0 saturated carbocycles. The van der Waals surface area contributed by atoms with Crippen LogP contribution < -0.4 is 20.3 Å². The Morgan fingerprint density at radius 1 is 0.866 bits per heavy atom. The minimum Gasteiger partial charge on any atom is -0.476 e. The molecule has 0 spiro atoms. The van der Waals surface area contributed by atoms with E-state index in [1.165, 1.54) is 16.2 Å². The molecule has 0 bridgehead atoms. The number of β-amino-alcohol motifs (C(OH)–C–C–N with tert-alkyl or cyclic N) is 1. The Hall–Kier alpha value is -8.65. The fourth-order valence-corrected chi connectivity index (χ4v) is 12.7. The molecule has 1 fully saturated rings. The summed E-state index contributed by atoms with van der Waals surface area (Å²) in [6, 6.07) is 36.3. The van der Waals surface area contributed by atoms with Gasteiger partial charge in [0.15, 0.2) is 10.8 Å². The summed E-state index contributed by atoms with van der Waals surface area (Å²) in [6.45, 7) is 12.6. The van der Waals surface area contributed by atoms with Crippen molar-refractivity contribution in [3.63, 3.8) is 0 Å². The number of anilines is 2. The number of rotatable bonds is 16. The molecule has 11 rings (SSSR count). The molecule has 4 N–H and O–H groups in total. The second-order valence-electron chi connectivity index (χ2n) is 22.1. The summed E-state index contributed by atoms with van der Waals surface area (Å²) in [5.74, 6) is -0.416. The number of para-hydroxylation sites is 1. The molecule has 3 amide bonds. The molecule has 4 aromatic heterocycles. The van der Waals surface area contributed by atoms with Crippen LogP contribution >= 0.6 is 22.7 Å². The molecule has 4 atom stereocenters. The van der Waals surface area contributed by atoms with Gasteiger partial charge in [-0.2, -0.15) is 0 Å². The lowest BCUT2D eigenvalue weighted by Crippen LogP contribution is -2.50. The van der Waals surface area contributed by atoms with E-state index in [1.54, 1.807) is 34.3 Å². The first-order valence-corrected chi connectivity index (χ1v) is 29.0. The van der Waals surface area contributed by atoms with Crippen LogP contribution in [0.25, 0.3) is 31.8 Å². The van der Waals surface area contributed by atoms with Crippen LogP contribution in [0.3, 0.4) is 0 Å². The highest BCUT2D eigenvalue weighted by atomic mass is 32.1. The number of aryl methyl sites for hydroxylation is 3. The summed E-state index contributed by atoms with van der Waals surface area (Å²) in [7, 11) is 0. The minimum atomic E-state index is -1.17. The molecule has 0 radical (unpaired) electrons. The van der Waals surface area contributed by atoms with Crippen molar-refractivity contribution in [2.45, 2.75) is 98.0 Å². The summed E-state index contributed by atoms with van der Waals surface area (Å²) in [6.07, 6.45) is 2.87. The number of likely N-dealkylation sites (tertiary alicyclic amines) is 1. The van der Waals surface area contributed by atoms with Crippen LogP contribution in [0.4, 0.5) is 10.9 Å². The van der Waals surface area contributed by atoms with E-state index in [0.29, 0.717) is 77.2 Å². The number of aromatic nitrogens is 6. The van der Waals surface area contributed by atoms with E-state index in [0.717, 1.165) is 54.2 Å². The van der Waals surface area contributed by atoms with Gasteiger partial charge < -0.3 is 30.1 Å². The van der Waals surface area contributed by atoms with Crippen molar-refractivity contribution in [3.05, 3.63) is 183 Å². The predicted molar refractivity (Wildman–Crippen MR) is 318 cm³/mol. The third-order valence-corrected chi connectivity index (χ3v) is 17.3. The van der Waals surface area contributed by atoms with Crippen molar-refractivity contribution in [3.8, 4) is 33.1 Å². The van der Waals surface area contributed by atoms with Gasteiger partial charge in [-0.05, 0) is 133 Å². The highest BCUT2D eigenvalue weighted by Crippen LogP contribution is 2.38. The van der Waals surface area contributed by atoms with Gasteiger partial charge in [-0.25, -0.2) is 24.4 Å². The zero-order chi connectivity index (χ0) is 57.4. The maximum atomic E-state index is 14.6. The van der Waals surface area contributed by atoms with Gasteiger partial charge in [-0.15, -0.1) is 16.4 Å². The monoisotopic (exact) mass is 1130 g/mol. The van der Waals surface area contributed by atoms with E-state index in [2.05, 4.69) is 30.9 Å². The highest BCUT2D eigenvalue weighted by Gasteiger charge is 2.45. The third-order valence-electron chi connectivity index (χ3n) is 15.4. The Morgan fingerprint density at radius 2 is 1.65 bits per heavy atom. The number of aromatic carboxylic acids is 1. The lowest BCUT2D eigenvalue weighted by Gasteiger charge is -2.34. The maximum absolute atomic E-state index is 14.6. The largest absolute Gasteiger partial charge is 0.476 e. The molecule has 9 aromatic rings. The van der Waals surface area contributed by atoms with Crippen LogP contribution in [-0.2, 0) is 35.4 Å². The molecule has 2 aliphatic heterocycles. The Morgan fingerprint density at radius 3 is 2.39 bits per heavy atom. The third kappa shape index (κ3) is 11.6. The zero-order valence-corrected chi connectivity index (χ0v) is 47.9. The molecule has 2 aliphatic rings. The number of nitrogens with one attached hydrogen (secondary N) is 2. The number of aliphatic hydroxyl groups is 1. The SMILES string of the molecule is Cc1ncsc1-c1ccc([C@H](C)NC(=O)[C@@H]2C[C@@H](O)CN2C(=O)[C@@H](n2cc(CCc3ccc(Oc4cccc(-c5ccc(N6CCc7cccc(C(=O)Nc8nc9ccccc9s8)c7C6)nc5C(=O)O)c4C)cc3)nn2)C(C)(C)C)cc1. The number of thiazole rings is 2. The molecule has 17 nitrogen and oxygen atoms in total. The molecule has 19 heteroatoms. The number of ether oxygens (including phenoxy) is 1. The van der Waals surface area contributed by atoms with Gasteiger partial charge in [0.05, 0.1) is 44.1 Å². The number of amides is 3. The number of carbonyl (C=O) groups excluding carboxylic acids is 3. The van der Waals surface area contributed by atoms with Crippen molar-refractivity contribution < 1.29 is 34.1 Å². The fraction of sp³-hybridized carbons (Fsp3) is 0.286. The topological polar surface area (TPSA) is 218 Å². The van der Waals surface area contributed by atoms with E-state index in [9.17, 15) is 29.4 Å². The Labute approximate surface area is 482 Å². The Bertz CT molecular complexity index is 3840. The Kier molecular flexibility index (Phi) is 15.5. The van der Waals surface area contributed by atoms with Gasteiger partial charge in [0.2, 0.25) is 11.8 Å². The van der Waals surface area contributed by atoms with Crippen molar-refractivity contribution in [2.24, 2.45) is 5.41 Å². The number of benzene rings is 5. The maximum Gasteiger partial charge on any atom is 0.355 e. The Balaban J connectivity index is 0.720. The quantitative estimate of drug-likeness (QED) is 0.0709. The predicted octanol–water partition coefficient (Wildman–Crippen LogP) is 11.2. The second kappa shape index (κ2) is 23.1. The van der Waals surface area contributed by atoms with Crippen molar-refractivity contribution in [1.29, 1.82) is 0 Å². The summed E-state index contributed by atoms with van der Waals surface area (Å²) < 4.78 is 8.99. The summed E-state index contributed by atoms with van der Waals surface area (Å²) >= 11 is 3.00. The molecule has 1 saturated heterocycles. The summed E-state index contributed by atoms with van der Waals surface area (Å²) in [5, 5.41) is 36.9. The first-order chi connectivity index (χ1) is 39.4. The van der Waals surface area contributed by atoms with E-state index < -0.39 is 29.6 Å². The molecule has 82 heavy (non-hydrogen) atoms. The average Bonchev–Trinajstić information content (AvgIpc) is 4.46.